The quantitative estimate of drug-likeness (QED) is 0.308. The van der Waals surface area contributed by atoms with Gasteiger partial charge in [0, 0.05) is 37.6 Å². The zero-order valence-corrected chi connectivity index (χ0v) is 18.2. The molecule has 0 saturated heterocycles. The average molecular weight is 496 g/mol. The van der Waals surface area contributed by atoms with E-state index in [-0.39, 0.29) is 24.0 Å². The van der Waals surface area contributed by atoms with E-state index in [9.17, 15) is 0 Å². The van der Waals surface area contributed by atoms with Crippen molar-refractivity contribution in [1.29, 1.82) is 0 Å². The lowest BCUT2D eigenvalue weighted by Gasteiger charge is -2.13. The molecule has 0 radical (unpaired) electrons. The van der Waals surface area contributed by atoms with Gasteiger partial charge < -0.3 is 15.2 Å². The second-order valence-corrected chi connectivity index (χ2v) is 6.30. The van der Waals surface area contributed by atoms with Gasteiger partial charge in [0.15, 0.2) is 5.96 Å². The highest BCUT2D eigenvalue weighted by Gasteiger charge is 2.05. The average Bonchev–Trinajstić information content (AvgIpc) is 3.10. The van der Waals surface area contributed by atoms with Gasteiger partial charge in [-0.25, -0.2) is 4.98 Å². The third-order valence-corrected chi connectivity index (χ3v) is 4.22. The fourth-order valence-corrected chi connectivity index (χ4v) is 2.86. The Morgan fingerprint density at radius 1 is 1.04 bits per heavy atom. The zero-order chi connectivity index (χ0) is 18.2. The fraction of sp³-hybridized carbons (Fsp3) is 0.200. The van der Waals surface area contributed by atoms with Crippen molar-refractivity contribution in [2.45, 2.75) is 19.6 Å². The molecule has 7 heteroatoms. The van der Waals surface area contributed by atoms with E-state index < -0.39 is 0 Å². The van der Waals surface area contributed by atoms with Crippen LogP contribution in [0, 0.1) is 0 Å². The van der Waals surface area contributed by atoms with Crippen LogP contribution < -0.4 is 10.6 Å². The van der Waals surface area contributed by atoms with Gasteiger partial charge in [-0.15, -0.1) is 24.0 Å². The molecular formula is C20H23ClIN5. The van der Waals surface area contributed by atoms with Gasteiger partial charge in [-0.3, -0.25) is 4.99 Å². The van der Waals surface area contributed by atoms with Gasteiger partial charge in [0.05, 0.1) is 6.54 Å². The van der Waals surface area contributed by atoms with E-state index >= 15 is 0 Å². The van der Waals surface area contributed by atoms with Crippen molar-refractivity contribution >= 4 is 41.5 Å². The summed E-state index contributed by atoms with van der Waals surface area (Å²) in [4.78, 5) is 8.71. The van der Waals surface area contributed by atoms with Gasteiger partial charge in [-0.05, 0) is 23.3 Å². The largest absolute Gasteiger partial charge is 0.352 e. The molecule has 142 valence electrons. The summed E-state index contributed by atoms with van der Waals surface area (Å²) in [7, 11) is 1.75. The summed E-state index contributed by atoms with van der Waals surface area (Å²) in [6.45, 7) is 2.04. The molecule has 3 rings (SSSR count). The minimum atomic E-state index is 0. The SMILES string of the molecule is CN=C(NCc1cccc(Cl)c1)NCc1nccn1Cc1ccccc1.I. The lowest BCUT2D eigenvalue weighted by molar-refractivity contribution is 0.688. The fourth-order valence-electron chi connectivity index (χ4n) is 2.65. The number of rotatable bonds is 6. The van der Waals surface area contributed by atoms with Gasteiger partial charge in [0.1, 0.15) is 5.82 Å². The van der Waals surface area contributed by atoms with Crippen LogP contribution in [0.25, 0.3) is 0 Å². The van der Waals surface area contributed by atoms with Crippen LogP contribution in [0.2, 0.25) is 5.02 Å². The molecule has 2 N–H and O–H groups in total. The number of hydrogen-bond acceptors (Lipinski definition) is 2. The topological polar surface area (TPSA) is 54.2 Å². The van der Waals surface area contributed by atoms with E-state index in [1.807, 2.05) is 54.9 Å². The number of hydrogen-bond donors (Lipinski definition) is 2. The molecule has 0 fully saturated rings. The van der Waals surface area contributed by atoms with E-state index in [0.717, 1.165) is 28.9 Å². The highest BCUT2D eigenvalue weighted by atomic mass is 127. The van der Waals surface area contributed by atoms with Crippen LogP contribution in [0.4, 0.5) is 0 Å². The number of aliphatic imine (C=N–C) groups is 1. The van der Waals surface area contributed by atoms with Crippen molar-refractivity contribution in [2.24, 2.45) is 4.99 Å². The summed E-state index contributed by atoms with van der Waals surface area (Å²) in [6.07, 6.45) is 3.81. The summed E-state index contributed by atoms with van der Waals surface area (Å²) in [6, 6.07) is 18.1. The number of halogens is 2. The summed E-state index contributed by atoms with van der Waals surface area (Å²) in [5, 5.41) is 7.32. The molecule has 1 heterocycles. The van der Waals surface area contributed by atoms with E-state index in [4.69, 9.17) is 11.6 Å². The number of imidazole rings is 1. The predicted molar refractivity (Wildman–Crippen MR) is 122 cm³/mol. The van der Waals surface area contributed by atoms with Gasteiger partial charge >= 0.3 is 0 Å². The normalized spacial score (nSPS) is 11.0. The molecule has 0 unspecified atom stereocenters. The second-order valence-electron chi connectivity index (χ2n) is 5.87. The van der Waals surface area contributed by atoms with Crippen molar-refractivity contribution < 1.29 is 0 Å². The van der Waals surface area contributed by atoms with Crippen LogP contribution in [0.3, 0.4) is 0 Å². The molecule has 5 nitrogen and oxygen atoms in total. The van der Waals surface area contributed by atoms with E-state index in [1.165, 1.54) is 5.56 Å². The van der Waals surface area contributed by atoms with Crippen LogP contribution in [0.5, 0.6) is 0 Å². The van der Waals surface area contributed by atoms with Gasteiger partial charge in [-0.1, -0.05) is 54.1 Å². The van der Waals surface area contributed by atoms with Crippen LogP contribution in [-0.2, 0) is 19.6 Å². The van der Waals surface area contributed by atoms with Gasteiger partial charge in [-0.2, -0.15) is 0 Å². The van der Waals surface area contributed by atoms with E-state index in [1.54, 1.807) is 7.05 Å². The smallest absolute Gasteiger partial charge is 0.191 e. The summed E-state index contributed by atoms with van der Waals surface area (Å²) < 4.78 is 2.13. The van der Waals surface area contributed by atoms with Crippen molar-refractivity contribution in [1.82, 2.24) is 20.2 Å². The Kier molecular flexibility index (Phi) is 8.60. The third kappa shape index (κ3) is 6.55. The maximum atomic E-state index is 6.02. The Morgan fingerprint density at radius 2 is 1.78 bits per heavy atom. The first-order valence-electron chi connectivity index (χ1n) is 8.47. The molecule has 0 saturated carbocycles. The molecule has 27 heavy (non-hydrogen) atoms. The molecule has 0 aliphatic heterocycles. The molecule has 0 bridgehead atoms. The van der Waals surface area contributed by atoms with Crippen LogP contribution in [-0.4, -0.2) is 22.6 Å². The van der Waals surface area contributed by atoms with Crippen LogP contribution in [0.15, 0.2) is 72.0 Å². The van der Waals surface area contributed by atoms with E-state index in [0.29, 0.717) is 13.1 Å². The predicted octanol–water partition coefficient (Wildman–Crippen LogP) is 4.07. The second kappa shape index (κ2) is 10.9. The monoisotopic (exact) mass is 495 g/mol. The Hall–Kier alpha value is -2.06. The first-order chi connectivity index (χ1) is 12.7. The minimum Gasteiger partial charge on any atom is -0.352 e. The Labute approximate surface area is 181 Å². The molecule has 0 aliphatic carbocycles. The molecule has 2 aromatic carbocycles. The van der Waals surface area contributed by atoms with Crippen molar-refractivity contribution in [3.8, 4) is 0 Å². The van der Waals surface area contributed by atoms with Crippen LogP contribution in [0.1, 0.15) is 17.0 Å². The summed E-state index contributed by atoms with van der Waals surface area (Å²) in [5.74, 6) is 1.68. The number of nitrogens with one attached hydrogen (secondary N) is 2. The standard InChI is InChI=1S/C20H22ClN5.HI/c1-22-20(24-13-17-8-5-9-18(21)12-17)25-14-19-23-10-11-26(19)15-16-6-3-2-4-7-16;/h2-12H,13-15H2,1H3,(H2,22,24,25);1H. The Balaban J connectivity index is 0.00000261. The van der Waals surface area contributed by atoms with Crippen molar-refractivity contribution in [2.75, 3.05) is 7.05 Å². The molecular weight excluding hydrogens is 473 g/mol. The number of benzene rings is 2. The lowest BCUT2D eigenvalue weighted by atomic mass is 10.2. The highest BCUT2D eigenvalue weighted by Crippen LogP contribution is 2.10. The molecule has 1 aromatic heterocycles. The molecule has 0 aliphatic rings. The molecule has 0 atom stereocenters. The van der Waals surface area contributed by atoms with Crippen molar-refractivity contribution in [3.63, 3.8) is 0 Å². The van der Waals surface area contributed by atoms with Gasteiger partial charge in [0.25, 0.3) is 0 Å². The molecule has 3 aromatic rings. The van der Waals surface area contributed by atoms with E-state index in [2.05, 4.69) is 37.3 Å². The first-order valence-corrected chi connectivity index (χ1v) is 8.85. The third-order valence-electron chi connectivity index (χ3n) is 3.98. The highest BCUT2D eigenvalue weighted by molar-refractivity contribution is 14.0. The number of nitrogens with zero attached hydrogens (tertiary/aromatic N) is 3. The Bertz CT molecular complexity index is 864. The molecule has 0 spiro atoms. The first kappa shape index (κ1) is 21.2. The number of guanidine groups is 1. The van der Waals surface area contributed by atoms with Gasteiger partial charge in [0.2, 0.25) is 0 Å². The lowest BCUT2D eigenvalue weighted by Crippen LogP contribution is -2.37. The van der Waals surface area contributed by atoms with Crippen molar-refractivity contribution in [3.05, 3.63) is 89.0 Å². The maximum absolute atomic E-state index is 6.02. The Morgan fingerprint density at radius 3 is 2.52 bits per heavy atom. The molecule has 0 amide bonds. The minimum absolute atomic E-state index is 0. The summed E-state index contributed by atoms with van der Waals surface area (Å²) in [5.41, 5.74) is 2.35. The zero-order valence-electron chi connectivity index (χ0n) is 15.1. The van der Waals surface area contributed by atoms with Crippen LogP contribution >= 0.6 is 35.6 Å². The maximum Gasteiger partial charge on any atom is 0.191 e. The summed E-state index contributed by atoms with van der Waals surface area (Å²) >= 11 is 6.02. The number of aromatic nitrogens is 2.